The van der Waals surface area contributed by atoms with E-state index in [9.17, 15) is 14.0 Å². The molecule has 0 radical (unpaired) electrons. The number of hydrogen-bond acceptors (Lipinski definition) is 6. The molecule has 4 nitrogen and oxygen atoms in total. The number of halogens is 1. The maximum absolute atomic E-state index is 12.9. The quantitative estimate of drug-likeness (QED) is 0.394. The number of thioether (sulfide) groups is 2. The third-order valence-electron chi connectivity index (χ3n) is 3.72. The molecule has 1 aromatic heterocycles. The number of Topliss-reactive ketones (excluding diaryl/α,β-unsaturated/α-hetero) is 1. The Labute approximate surface area is 175 Å². The van der Waals surface area contributed by atoms with E-state index in [1.165, 1.54) is 47.4 Å². The predicted molar refractivity (Wildman–Crippen MR) is 114 cm³/mol. The summed E-state index contributed by atoms with van der Waals surface area (Å²) in [4.78, 5) is 29.9. The first-order valence-electron chi connectivity index (χ1n) is 8.33. The van der Waals surface area contributed by atoms with Gasteiger partial charge in [-0.1, -0.05) is 17.8 Å². The Kier molecular flexibility index (Phi) is 7.24. The summed E-state index contributed by atoms with van der Waals surface area (Å²) in [6, 6.07) is 13.1. The van der Waals surface area contributed by atoms with Gasteiger partial charge in [0, 0.05) is 21.5 Å². The largest absolute Gasteiger partial charge is 0.326 e. The number of nitrogens with one attached hydrogen (secondary N) is 1. The summed E-state index contributed by atoms with van der Waals surface area (Å²) in [6.45, 7) is 0. The summed E-state index contributed by atoms with van der Waals surface area (Å²) in [7, 11) is 0. The summed E-state index contributed by atoms with van der Waals surface area (Å²) in [5, 5.41) is 4.69. The van der Waals surface area contributed by atoms with Crippen LogP contribution in [0.3, 0.4) is 0 Å². The smallest absolute Gasteiger partial charge is 0.230 e. The average molecular weight is 433 g/mol. The number of carbonyl (C=O) groups excluding carboxylic acids is 2. The van der Waals surface area contributed by atoms with Crippen molar-refractivity contribution in [1.82, 2.24) is 4.98 Å². The predicted octanol–water partition coefficient (Wildman–Crippen LogP) is 5.16. The Morgan fingerprint density at radius 3 is 2.71 bits per heavy atom. The molecule has 0 aliphatic rings. The van der Waals surface area contributed by atoms with Crippen LogP contribution in [0, 0.1) is 5.82 Å². The molecule has 2 aromatic carbocycles. The molecule has 1 N–H and O–H groups in total. The molecule has 28 heavy (non-hydrogen) atoms. The summed E-state index contributed by atoms with van der Waals surface area (Å²) in [6.07, 6.45) is 2.16. The fourth-order valence-electron chi connectivity index (χ4n) is 2.35. The van der Waals surface area contributed by atoms with Crippen LogP contribution < -0.4 is 5.32 Å². The van der Waals surface area contributed by atoms with E-state index >= 15 is 0 Å². The Balaban J connectivity index is 1.51. The number of amides is 1. The highest BCUT2D eigenvalue weighted by Gasteiger charge is 2.11. The Morgan fingerprint density at radius 2 is 1.96 bits per heavy atom. The van der Waals surface area contributed by atoms with Gasteiger partial charge in [0.2, 0.25) is 5.91 Å². The fourth-order valence-corrected chi connectivity index (χ4v) is 4.55. The van der Waals surface area contributed by atoms with Crippen molar-refractivity contribution in [3.05, 3.63) is 71.0 Å². The van der Waals surface area contributed by atoms with E-state index in [0.29, 0.717) is 11.3 Å². The molecule has 0 saturated carbocycles. The van der Waals surface area contributed by atoms with Crippen molar-refractivity contribution in [1.29, 1.82) is 0 Å². The van der Waals surface area contributed by atoms with Crippen molar-refractivity contribution < 1.29 is 14.0 Å². The van der Waals surface area contributed by atoms with Crippen LogP contribution in [0.25, 0.3) is 0 Å². The molecule has 0 unspecified atom stereocenters. The first kappa shape index (κ1) is 20.6. The van der Waals surface area contributed by atoms with Gasteiger partial charge in [-0.3, -0.25) is 9.59 Å². The van der Waals surface area contributed by atoms with Crippen LogP contribution in [0.4, 0.5) is 10.1 Å². The van der Waals surface area contributed by atoms with Gasteiger partial charge >= 0.3 is 0 Å². The van der Waals surface area contributed by atoms with Gasteiger partial charge in [-0.05, 0) is 48.7 Å². The van der Waals surface area contributed by atoms with Crippen molar-refractivity contribution in [2.75, 3.05) is 17.3 Å². The van der Waals surface area contributed by atoms with Crippen molar-refractivity contribution >= 4 is 52.2 Å². The summed E-state index contributed by atoms with van der Waals surface area (Å²) in [5.41, 5.74) is 1.89. The molecule has 3 aromatic rings. The second-order valence-corrected chi connectivity index (χ2v) is 8.74. The van der Waals surface area contributed by atoms with Gasteiger partial charge in [0.05, 0.1) is 17.9 Å². The second kappa shape index (κ2) is 9.86. The molecular weight excluding hydrogens is 415 g/mol. The average Bonchev–Trinajstić information content (AvgIpc) is 3.14. The highest BCUT2D eigenvalue weighted by Crippen LogP contribution is 2.24. The number of nitrogens with zero attached hydrogens (tertiary/aromatic N) is 1. The third-order valence-corrected chi connectivity index (χ3v) is 6.51. The number of thiazole rings is 1. The monoisotopic (exact) mass is 432 g/mol. The summed E-state index contributed by atoms with van der Waals surface area (Å²) >= 11 is 4.33. The minimum Gasteiger partial charge on any atom is -0.326 e. The lowest BCUT2D eigenvalue weighted by molar-refractivity contribution is -0.115. The van der Waals surface area contributed by atoms with Gasteiger partial charge in [-0.15, -0.1) is 23.1 Å². The lowest BCUT2D eigenvalue weighted by Crippen LogP contribution is -2.14. The van der Waals surface area contributed by atoms with Crippen LogP contribution in [0.2, 0.25) is 0 Å². The molecule has 8 heteroatoms. The number of carbonyl (C=O) groups is 2. The van der Waals surface area contributed by atoms with Gasteiger partial charge in [0.25, 0.3) is 0 Å². The van der Waals surface area contributed by atoms with Crippen LogP contribution in [0.5, 0.6) is 0 Å². The third kappa shape index (κ3) is 5.92. The lowest BCUT2D eigenvalue weighted by Gasteiger charge is -2.05. The minimum absolute atomic E-state index is 0.0897. The maximum atomic E-state index is 12.9. The number of hydrogen-bond donors (Lipinski definition) is 1. The van der Waals surface area contributed by atoms with Crippen molar-refractivity contribution in [3.8, 4) is 0 Å². The van der Waals surface area contributed by atoms with E-state index in [0.717, 1.165) is 14.9 Å². The van der Waals surface area contributed by atoms with Gasteiger partial charge in [0.15, 0.2) is 10.1 Å². The van der Waals surface area contributed by atoms with E-state index < -0.39 is 0 Å². The molecule has 144 valence electrons. The Bertz CT molecular complexity index is 974. The zero-order valence-electron chi connectivity index (χ0n) is 15.0. The van der Waals surface area contributed by atoms with Gasteiger partial charge in [-0.25, -0.2) is 9.37 Å². The maximum Gasteiger partial charge on any atom is 0.230 e. The molecule has 0 aliphatic heterocycles. The zero-order chi connectivity index (χ0) is 19.9. The van der Waals surface area contributed by atoms with E-state index in [4.69, 9.17) is 0 Å². The number of rotatable bonds is 8. The SMILES string of the molecule is CSc1cccc(NC(=O)Cc2csc(SCC(=O)c3ccc(F)cc3)n2)c1. The van der Waals surface area contributed by atoms with Gasteiger partial charge in [-0.2, -0.15) is 0 Å². The second-order valence-electron chi connectivity index (χ2n) is 5.78. The topological polar surface area (TPSA) is 59.1 Å². The lowest BCUT2D eigenvalue weighted by atomic mass is 10.1. The number of ketones is 1. The van der Waals surface area contributed by atoms with E-state index in [2.05, 4.69) is 10.3 Å². The fraction of sp³-hybridized carbons (Fsp3) is 0.150. The van der Waals surface area contributed by atoms with E-state index in [1.807, 2.05) is 35.9 Å². The Morgan fingerprint density at radius 1 is 1.18 bits per heavy atom. The molecule has 0 atom stereocenters. The standard InChI is InChI=1S/C20H17FN2O2S3/c1-26-17-4-2-3-15(9-17)22-19(25)10-16-11-27-20(23-16)28-12-18(24)13-5-7-14(21)8-6-13/h2-9,11H,10,12H2,1H3,(H,22,25). The van der Waals surface area contributed by atoms with Crippen LogP contribution in [0.15, 0.2) is 63.1 Å². The Hall–Kier alpha value is -2.16. The van der Waals surface area contributed by atoms with Gasteiger partial charge in [0.1, 0.15) is 5.82 Å². The molecule has 1 amide bonds. The van der Waals surface area contributed by atoms with Crippen LogP contribution >= 0.6 is 34.9 Å². The molecule has 0 fully saturated rings. The van der Waals surface area contributed by atoms with Crippen LogP contribution in [0.1, 0.15) is 16.1 Å². The highest BCUT2D eigenvalue weighted by molar-refractivity contribution is 8.01. The summed E-state index contributed by atoms with van der Waals surface area (Å²) in [5.74, 6) is -0.380. The molecule has 3 rings (SSSR count). The number of anilines is 1. The van der Waals surface area contributed by atoms with Crippen molar-refractivity contribution in [2.45, 2.75) is 15.7 Å². The van der Waals surface area contributed by atoms with Crippen molar-refractivity contribution in [3.63, 3.8) is 0 Å². The number of benzene rings is 2. The van der Waals surface area contributed by atoms with Crippen LogP contribution in [-0.4, -0.2) is 28.7 Å². The highest BCUT2D eigenvalue weighted by atomic mass is 32.2. The van der Waals surface area contributed by atoms with Crippen LogP contribution in [-0.2, 0) is 11.2 Å². The van der Waals surface area contributed by atoms with E-state index in [1.54, 1.807) is 11.8 Å². The zero-order valence-corrected chi connectivity index (χ0v) is 17.4. The van der Waals surface area contributed by atoms with Crippen molar-refractivity contribution in [2.24, 2.45) is 0 Å². The first-order valence-corrected chi connectivity index (χ1v) is 11.4. The molecule has 0 saturated heterocycles. The first-order chi connectivity index (χ1) is 13.5. The molecular formula is C20H17FN2O2S3. The summed E-state index contributed by atoms with van der Waals surface area (Å²) < 4.78 is 13.6. The minimum atomic E-state index is -0.368. The van der Waals surface area contributed by atoms with Gasteiger partial charge < -0.3 is 5.32 Å². The van der Waals surface area contributed by atoms with E-state index in [-0.39, 0.29) is 29.7 Å². The normalized spacial score (nSPS) is 10.6. The molecule has 0 aliphatic carbocycles. The number of aromatic nitrogens is 1. The molecule has 0 bridgehead atoms. The molecule has 0 spiro atoms. The molecule has 1 heterocycles.